The Bertz CT molecular complexity index is 686. The predicted molar refractivity (Wildman–Crippen MR) is 71.5 cm³/mol. The molecule has 110 valence electrons. The van der Waals surface area contributed by atoms with Crippen LogP contribution in [0.1, 0.15) is 21.5 Å². The number of benzene rings is 1. The molecule has 0 fully saturated rings. The minimum atomic E-state index is -4.50. The van der Waals surface area contributed by atoms with Crippen LogP contribution in [0.5, 0.6) is 0 Å². The molecule has 1 N–H and O–H groups in total. The van der Waals surface area contributed by atoms with Gasteiger partial charge in [-0.2, -0.15) is 13.2 Å². The van der Waals surface area contributed by atoms with Gasteiger partial charge in [-0.3, -0.25) is 0 Å². The van der Waals surface area contributed by atoms with Gasteiger partial charge in [0.05, 0.1) is 11.1 Å². The molecule has 0 aliphatic heterocycles. The van der Waals surface area contributed by atoms with Gasteiger partial charge in [-0.15, -0.1) is 0 Å². The zero-order valence-corrected chi connectivity index (χ0v) is 11.6. The smallest absolute Gasteiger partial charge is 0.419 e. The Balaban J connectivity index is 2.40. The zero-order valence-electron chi connectivity index (χ0n) is 10.8. The first-order valence-electron chi connectivity index (χ1n) is 5.83. The van der Waals surface area contributed by atoms with Crippen LogP contribution in [0.25, 0.3) is 0 Å². The van der Waals surface area contributed by atoms with Gasteiger partial charge < -0.3 is 5.11 Å². The molecule has 2 rings (SSSR count). The second kappa shape index (κ2) is 5.77. The highest BCUT2D eigenvalue weighted by Gasteiger charge is 2.34. The molecule has 0 spiro atoms. The van der Waals surface area contributed by atoms with Gasteiger partial charge in [-0.05, 0) is 36.8 Å². The van der Waals surface area contributed by atoms with Gasteiger partial charge >= 0.3 is 12.1 Å². The van der Waals surface area contributed by atoms with Crippen LogP contribution in [0.4, 0.5) is 13.2 Å². The third-order valence-corrected chi connectivity index (χ3v) is 3.74. The van der Waals surface area contributed by atoms with Crippen LogP contribution >= 0.6 is 11.8 Å². The standard InChI is InChI=1S/C14H10F3NO2S/c1-8-4-5-9(7-10(8)13(19)20)21-12-11(14(15,16)17)3-2-6-18-12/h2-7H,1H3,(H,19,20). The van der Waals surface area contributed by atoms with Gasteiger partial charge in [0, 0.05) is 11.1 Å². The molecule has 1 aromatic carbocycles. The molecule has 1 aromatic heterocycles. The topological polar surface area (TPSA) is 50.2 Å². The third-order valence-electron chi connectivity index (χ3n) is 2.73. The van der Waals surface area contributed by atoms with Crippen molar-refractivity contribution in [3.63, 3.8) is 0 Å². The summed E-state index contributed by atoms with van der Waals surface area (Å²) >= 11 is 0.787. The second-order valence-electron chi connectivity index (χ2n) is 4.24. The third kappa shape index (κ3) is 3.55. The fourth-order valence-electron chi connectivity index (χ4n) is 1.69. The number of carboxylic acids is 1. The van der Waals surface area contributed by atoms with E-state index in [9.17, 15) is 18.0 Å². The molecule has 2 aromatic rings. The van der Waals surface area contributed by atoms with Crippen molar-refractivity contribution < 1.29 is 23.1 Å². The van der Waals surface area contributed by atoms with Gasteiger partial charge in [-0.1, -0.05) is 17.8 Å². The normalized spacial score (nSPS) is 11.4. The summed E-state index contributed by atoms with van der Waals surface area (Å²) in [5.41, 5.74) is -0.235. The van der Waals surface area contributed by atoms with E-state index in [1.54, 1.807) is 19.1 Å². The van der Waals surface area contributed by atoms with Crippen LogP contribution < -0.4 is 0 Å². The van der Waals surface area contributed by atoms with Gasteiger partial charge in [-0.25, -0.2) is 9.78 Å². The summed E-state index contributed by atoms with van der Waals surface area (Å²) in [5.74, 6) is -1.12. The van der Waals surface area contributed by atoms with Crippen molar-refractivity contribution in [2.75, 3.05) is 0 Å². The van der Waals surface area contributed by atoms with E-state index in [1.165, 1.54) is 18.3 Å². The second-order valence-corrected chi connectivity index (χ2v) is 5.30. The number of alkyl halides is 3. The van der Waals surface area contributed by atoms with Crippen molar-refractivity contribution in [3.05, 3.63) is 53.2 Å². The number of halogens is 3. The van der Waals surface area contributed by atoms with Crippen LogP contribution in [0, 0.1) is 6.92 Å². The van der Waals surface area contributed by atoms with E-state index in [0.29, 0.717) is 10.5 Å². The summed E-state index contributed by atoms with van der Waals surface area (Å²) in [7, 11) is 0. The van der Waals surface area contributed by atoms with E-state index in [0.717, 1.165) is 17.8 Å². The number of carbonyl (C=O) groups is 1. The molecule has 0 radical (unpaired) electrons. The van der Waals surface area contributed by atoms with Crippen LogP contribution in [0.2, 0.25) is 0 Å². The highest BCUT2D eigenvalue weighted by molar-refractivity contribution is 7.99. The summed E-state index contributed by atoms with van der Waals surface area (Å²) in [6.45, 7) is 1.62. The first kappa shape index (κ1) is 15.4. The largest absolute Gasteiger partial charge is 0.478 e. The van der Waals surface area contributed by atoms with Crippen LogP contribution in [0.3, 0.4) is 0 Å². The van der Waals surface area contributed by atoms with E-state index in [4.69, 9.17) is 5.11 Å². The van der Waals surface area contributed by atoms with E-state index >= 15 is 0 Å². The Morgan fingerprint density at radius 2 is 2.00 bits per heavy atom. The van der Waals surface area contributed by atoms with Crippen molar-refractivity contribution in [1.82, 2.24) is 4.98 Å². The van der Waals surface area contributed by atoms with Gasteiger partial charge in [0.15, 0.2) is 0 Å². The lowest BCUT2D eigenvalue weighted by Gasteiger charge is -2.11. The highest BCUT2D eigenvalue weighted by atomic mass is 32.2. The Kier molecular flexibility index (Phi) is 4.22. The van der Waals surface area contributed by atoms with Crippen molar-refractivity contribution in [2.24, 2.45) is 0 Å². The molecule has 0 bridgehead atoms. The van der Waals surface area contributed by atoms with E-state index in [2.05, 4.69) is 4.98 Å². The lowest BCUT2D eigenvalue weighted by Crippen LogP contribution is -2.07. The zero-order chi connectivity index (χ0) is 15.6. The molecule has 21 heavy (non-hydrogen) atoms. The number of aromatic carboxylic acids is 1. The summed E-state index contributed by atoms with van der Waals surface area (Å²) in [5, 5.41) is 8.83. The van der Waals surface area contributed by atoms with Crippen molar-refractivity contribution in [2.45, 2.75) is 23.0 Å². The molecule has 0 aliphatic rings. The number of rotatable bonds is 3. The maximum absolute atomic E-state index is 12.9. The monoisotopic (exact) mass is 313 g/mol. The quantitative estimate of drug-likeness (QED) is 0.920. The fourth-order valence-corrected chi connectivity index (χ4v) is 2.64. The van der Waals surface area contributed by atoms with E-state index < -0.39 is 17.7 Å². The van der Waals surface area contributed by atoms with Crippen molar-refractivity contribution >= 4 is 17.7 Å². The summed E-state index contributed by atoms with van der Waals surface area (Å²) < 4.78 is 38.6. The maximum atomic E-state index is 12.9. The molecular weight excluding hydrogens is 303 g/mol. The number of carboxylic acid groups (broad SMARTS) is 1. The Morgan fingerprint density at radius 1 is 1.29 bits per heavy atom. The molecule has 3 nitrogen and oxygen atoms in total. The number of pyridine rings is 1. The van der Waals surface area contributed by atoms with Gasteiger partial charge in [0.2, 0.25) is 0 Å². The van der Waals surface area contributed by atoms with Gasteiger partial charge in [0.25, 0.3) is 0 Å². The molecule has 0 unspecified atom stereocenters. The lowest BCUT2D eigenvalue weighted by molar-refractivity contribution is -0.140. The molecular formula is C14H10F3NO2S. The number of hydrogen-bond acceptors (Lipinski definition) is 3. The molecule has 0 saturated heterocycles. The molecule has 0 amide bonds. The maximum Gasteiger partial charge on any atom is 0.419 e. The molecule has 1 heterocycles. The van der Waals surface area contributed by atoms with Crippen molar-refractivity contribution in [3.8, 4) is 0 Å². The average Bonchev–Trinajstić information content (AvgIpc) is 2.40. The number of aromatic nitrogens is 1. The number of aryl methyl sites for hydroxylation is 1. The summed E-state index contributed by atoms with van der Waals surface area (Å²) in [6.07, 6.45) is -3.24. The predicted octanol–water partition coefficient (Wildman–Crippen LogP) is 4.26. The fraction of sp³-hybridized carbons (Fsp3) is 0.143. The summed E-state index contributed by atoms with van der Waals surface area (Å²) in [4.78, 5) is 15.2. The first-order chi connectivity index (χ1) is 9.79. The molecule has 0 saturated carbocycles. The van der Waals surface area contributed by atoms with Gasteiger partial charge in [0.1, 0.15) is 5.03 Å². The van der Waals surface area contributed by atoms with E-state index in [1.807, 2.05) is 0 Å². The molecule has 0 atom stereocenters. The Labute approximate surface area is 122 Å². The molecule has 0 aliphatic carbocycles. The highest BCUT2D eigenvalue weighted by Crippen LogP contribution is 2.38. The van der Waals surface area contributed by atoms with Crippen LogP contribution in [-0.4, -0.2) is 16.1 Å². The summed E-state index contributed by atoms with van der Waals surface area (Å²) in [6, 6.07) is 6.63. The Morgan fingerprint density at radius 3 is 2.62 bits per heavy atom. The average molecular weight is 313 g/mol. The lowest BCUT2D eigenvalue weighted by atomic mass is 10.1. The van der Waals surface area contributed by atoms with E-state index in [-0.39, 0.29) is 10.6 Å². The first-order valence-corrected chi connectivity index (χ1v) is 6.64. The number of hydrogen-bond donors (Lipinski definition) is 1. The SMILES string of the molecule is Cc1ccc(Sc2ncccc2C(F)(F)F)cc1C(=O)O. The Hall–Kier alpha value is -2.02. The number of nitrogens with zero attached hydrogens (tertiary/aromatic N) is 1. The minimum absolute atomic E-state index is 0.0597. The minimum Gasteiger partial charge on any atom is -0.478 e. The van der Waals surface area contributed by atoms with Crippen molar-refractivity contribution in [1.29, 1.82) is 0 Å². The molecule has 7 heteroatoms. The van der Waals surface area contributed by atoms with Crippen LogP contribution in [0.15, 0.2) is 46.5 Å². The van der Waals surface area contributed by atoms with Crippen LogP contribution in [-0.2, 0) is 6.18 Å².